The summed E-state index contributed by atoms with van der Waals surface area (Å²) >= 11 is 0. The van der Waals surface area contributed by atoms with Gasteiger partial charge < -0.3 is 0 Å². The lowest BCUT2D eigenvalue weighted by Crippen LogP contribution is -2.06. The van der Waals surface area contributed by atoms with Gasteiger partial charge in [-0.3, -0.25) is 4.79 Å². The molecule has 1 nitrogen and oxygen atoms in total. The van der Waals surface area contributed by atoms with E-state index in [9.17, 15) is 4.79 Å². The molecule has 0 atom stereocenters. The Kier molecular flexibility index (Phi) is 4.15. The smallest absolute Gasteiger partial charge is 0.137 e. The summed E-state index contributed by atoms with van der Waals surface area (Å²) in [6.45, 7) is 0. The third kappa shape index (κ3) is 3.09. The molecule has 20 heavy (non-hydrogen) atoms. The second-order valence-electron chi connectivity index (χ2n) is 6.04. The molecular formula is C19H22O. The monoisotopic (exact) mass is 266 g/mol. The van der Waals surface area contributed by atoms with E-state index >= 15 is 0 Å². The lowest BCUT2D eigenvalue weighted by atomic mass is 9.95. The molecule has 1 saturated carbocycles. The zero-order chi connectivity index (χ0) is 13.8. The Balaban J connectivity index is 1.65. The van der Waals surface area contributed by atoms with Crippen molar-refractivity contribution in [3.63, 3.8) is 0 Å². The molecule has 1 aliphatic carbocycles. The van der Waals surface area contributed by atoms with E-state index in [1.807, 2.05) is 6.07 Å². The molecule has 3 rings (SSSR count). The van der Waals surface area contributed by atoms with Crippen LogP contribution >= 0.6 is 0 Å². The van der Waals surface area contributed by atoms with Crippen LogP contribution in [-0.2, 0) is 11.2 Å². The normalized spacial score (nSPS) is 15.8. The van der Waals surface area contributed by atoms with E-state index in [2.05, 4.69) is 36.4 Å². The summed E-state index contributed by atoms with van der Waals surface area (Å²) in [7, 11) is 0. The first kappa shape index (κ1) is 13.4. The highest BCUT2D eigenvalue weighted by Gasteiger charge is 2.16. The van der Waals surface area contributed by atoms with E-state index in [1.165, 1.54) is 42.0 Å². The number of hydrogen-bond acceptors (Lipinski definition) is 1. The molecule has 2 aromatic carbocycles. The van der Waals surface area contributed by atoms with E-state index in [1.54, 1.807) is 0 Å². The van der Waals surface area contributed by atoms with Gasteiger partial charge in [-0.25, -0.2) is 0 Å². The van der Waals surface area contributed by atoms with Gasteiger partial charge in [0.2, 0.25) is 0 Å². The Morgan fingerprint density at radius 2 is 1.75 bits per heavy atom. The number of Topliss-reactive ketones (excluding diaryl/α,β-unsaturated/α-hetero) is 1. The Hall–Kier alpha value is -1.63. The van der Waals surface area contributed by atoms with Crippen LogP contribution in [0.15, 0.2) is 42.5 Å². The zero-order valence-corrected chi connectivity index (χ0v) is 12.0. The molecule has 0 unspecified atom stereocenters. The van der Waals surface area contributed by atoms with Crippen LogP contribution in [0, 0.1) is 5.92 Å². The summed E-state index contributed by atoms with van der Waals surface area (Å²) in [6.07, 6.45) is 7.85. The first-order valence-corrected chi connectivity index (χ1v) is 7.81. The van der Waals surface area contributed by atoms with Gasteiger partial charge in [0.25, 0.3) is 0 Å². The SMILES string of the molecule is O=C(CCC1CCCC1)Cc1cccc2ccccc12. The predicted molar refractivity (Wildman–Crippen MR) is 83.9 cm³/mol. The van der Waals surface area contributed by atoms with E-state index in [4.69, 9.17) is 0 Å². The fourth-order valence-corrected chi connectivity index (χ4v) is 3.41. The van der Waals surface area contributed by atoms with Crippen LogP contribution in [0.1, 0.15) is 44.1 Å². The van der Waals surface area contributed by atoms with E-state index in [0.29, 0.717) is 12.2 Å². The minimum absolute atomic E-state index is 0.397. The highest BCUT2D eigenvalue weighted by Crippen LogP contribution is 2.29. The summed E-state index contributed by atoms with van der Waals surface area (Å²) in [5, 5.41) is 2.46. The van der Waals surface area contributed by atoms with Crippen molar-refractivity contribution >= 4 is 16.6 Å². The van der Waals surface area contributed by atoms with Crippen LogP contribution in [0.5, 0.6) is 0 Å². The molecule has 0 aromatic heterocycles. The van der Waals surface area contributed by atoms with Crippen LogP contribution in [-0.4, -0.2) is 5.78 Å². The Morgan fingerprint density at radius 1 is 1.00 bits per heavy atom. The first-order valence-electron chi connectivity index (χ1n) is 7.81. The lowest BCUT2D eigenvalue weighted by Gasteiger charge is -2.09. The second kappa shape index (κ2) is 6.21. The highest BCUT2D eigenvalue weighted by atomic mass is 16.1. The van der Waals surface area contributed by atoms with Gasteiger partial charge in [0, 0.05) is 12.8 Å². The van der Waals surface area contributed by atoms with Gasteiger partial charge in [0.15, 0.2) is 0 Å². The summed E-state index contributed by atoms with van der Waals surface area (Å²) in [5.74, 6) is 1.21. The molecule has 1 heteroatoms. The third-order valence-corrected chi connectivity index (χ3v) is 4.57. The number of fused-ring (bicyclic) bond motifs is 1. The maximum Gasteiger partial charge on any atom is 0.137 e. The number of carbonyl (C=O) groups excluding carboxylic acids is 1. The Morgan fingerprint density at radius 3 is 2.60 bits per heavy atom. The first-order chi connectivity index (χ1) is 9.83. The fourth-order valence-electron chi connectivity index (χ4n) is 3.41. The Bertz CT molecular complexity index is 588. The van der Waals surface area contributed by atoms with Crippen LogP contribution in [0.4, 0.5) is 0 Å². The number of ketones is 1. The predicted octanol–water partition coefficient (Wildman–Crippen LogP) is 4.92. The molecule has 0 saturated heterocycles. The Labute approximate surface area is 121 Å². The van der Waals surface area contributed by atoms with Crippen molar-refractivity contribution in [3.8, 4) is 0 Å². The van der Waals surface area contributed by atoms with E-state index in [0.717, 1.165) is 18.8 Å². The molecule has 0 spiro atoms. The zero-order valence-electron chi connectivity index (χ0n) is 12.0. The molecule has 0 radical (unpaired) electrons. The summed E-state index contributed by atoms with van der Waals surface area (Å²) in [6, 6.07) is 14.6. The minimum Gasteiger partial charge on any atom is -0.299 e. The maximum absolute atomic E-state index is 12.2. The molecule has 104 valence electrons. The van der Waals surface area contributed by atoms with Crippen molar-refractivity contribution in [3.05, 3.63) is 48.0 Å². The largest absolute Gasteiger partial charge is 0.299 e. The van der Waals surface area contributed by atoms with Gasteiger partial charge in [-0.1, -0.05) is 68.1 Å². The van der Waals surface area contributed by atoms with Crippen molar-refractivity contribution in [1.82, 2.24) is 0 Å². The van der Waals surface area contributed by atoms with Crippen LogP contribution < -0.4 is 0 Å². The minimum atomic E-state index is 0.397. The number of benzene rings is 2. The second-order valence-corrected chi connectivity index (χ2v) is 6.04. The quantitative estimate of drug-likeness (QED) is 0.750. The van der Waals surface area contributed by atoms with Crippen LogP contribution in [0.2, 0.25) is 0 Å². The molecule has 1 fully saturated rings. The van der Waals surface area contributed by atoms with Gasteiger partial charge in [0.05, 0.1) is 0 Å². The van der Waals surface area contributed by atoms with E-state index in [-0.39, 0.29) is 0 Å². The van der Waals surface area contributed by atoms with Crippen molar-refractivity contribution in [2.75, 3.05) is 0 Å². The number of hydrogen-bond donors (Lipinski definition) is 0. The highest BCUT2D eigenvalue weighted by molar-refractivity contribution is 5.90. The summed E-state index contributed by atoms with van der Waals surface area (Å²) < 4.78 is 0. The van der Waals surface area contributed by atoms with Gasteiger partial charge in [0.1, 0.15) is 5.78 Å². The summed E-state index contributed by atoms with van der Waals surface area (Å²) in [5.41, 5.74) is 1.18. The summed E-state index contributed by atoms with van der Waals surface area (Å²) in [4.78, 5) is 12.2. The number of rotatable bonds is 5. The van der Waals surface area contributed by atoms with Crippen molar-refractivity contribution < 1.29 is 4.79 Å². The van der Waals surface area contributed by atoms with Gasteiger partial charge >= 0.3 is 0 Å². The lowest BCUT2D eigenvalue weighted by molar-refractivity contribution is -0.118. The number of carbonyl (C=O) groups is 1. The van der Waals surface area contributed by atoms with Crippen molar-refractivity contribution in [2.45, 2.75) is 44.9 Å². The molecular weight excluding hydrogens is 244 g/mol. The topological polar surface area (TPSA) is 17.1 Å². The molecule has 0 amide bonds. The third-order valence-electron chi connectivity index (χ3n) is 4.57. The van der Waals surface area contributed by atoms with Gasteiger partial charge in [-0.2, -0.15) is 0 Å². The average Bonchev–Trinajstić information content (AvgIpc) is 2.99. The van der Waals surface area contributed by atoms with Crippen LogP contribution in [0.25, 0.3) is 10.8 Å². The van der Waals surface area contributed by atoms with Gasteiger partial charge in [-0.05, 0) is 28.7 Å². The fraction of sp³-hybridized carbons (Fsp3) is 0.421. The van der Waals surface area contributed by atoms with Gasteiger partial charge in [-0.15, -0.1) is 0 Å². The van der Waals surface area contributed by atoms with Crippen molar-refractivity contribution in [1.29, 1.82) is 0 Å². The molecule has 2 aromatic rings. The van der Waals surface area contributed by atoms with Crippen molar-refractivity contribution in [2.24, 2.45) is 5.92 Å². The average molecular weight is 266 g/mol. The standard InChI is InChI=1S/C19H22O/c20-18(13-12-15-6-1-2-7-15)14-17-10-5-9-16-8-3-4-11-19(16)17/h3-5,8-11,15H,1-2,6-7,12-14H2. The molecule has 0 heterocycles. The molecule has 0 bridgehead atoms. The molecule has 1 aliphatic rings. The maximum atomic E-state index is 12.2. The van der Waals surface area contributed by atoms with Crippen LogP contribution in [0.3, 0.4) is 0 Å². The van der Waals surface area contributed by atoms with E-state index < -0.39 is 0 Å². The molecule has 0 N–H and O–H groups in total. The molecule has 0 aliphatic heterocycles.